The second-order valence-electron chi connectivity index (χ2n) is 3.98. The lowest BCUT2D eigenvalue weighted by Crippen LogP contribution is -2.17. The van der Waals surface area contributed by atoms with Crippen molar-refractivity contribution in [3.8, 4) is 0 Å². The highest BCUT2D eigenvalue weighted by Gasteiger charge is 2.21. The quantitative estimate of drug-likeness (QED) is 0.564. The SMILES string of the molecule is CC1=CC=CC(C)(C)CC1O. The zero-order valence-corrected chi connectivity index (χ0v) is 7.46. The number of allylic oxidation sites excluding steroid dienone is 3. The van der Waals surface area contributed by atoms with Crippen LogP contribution < -0.4 is 0 Å². The third-order valence-electron chi connectivity index (χ3n) is 2.15. The number of hydrogen-bond acceptors (Lipinski definition) is 1. The molecule has 0 fully saturated rings. The van der Waals surface area contributed by atoms with Gasteiger partial charge in [-0.15, -0.1) is 0 Å². The fourth-order valence-corrected chi connectivity index (χ4v) is 1.30. The molecule has 1 nitrogen and oxygen atoms in total. The molecule has 0 amide bonds. The van der Waals surface area contributed by atoms with E-state index in [1.807, 2.05) is 19.1 Å². The Morgan fingerprint density at radius 1 is 1.55 bits per heavy atom. The van der Waals surface area contributed by atoms with E-state index in [1.165, 1.54) is 0 Å². The van der Waals surface area contributed by atoms with Crippen molar-refractivity contribution in [2.75, 3.05) is 0 Å². The minimum absolute atomic E-state index is 0.133. The van der Waals surface area contributed by atoms with Gasteiger partial charge in [0.15, 0.2) is 0 Å². The van der Waals surface area contributed by atoms with E-state index in [4.69, 9.17) is 0 Å². The molecule has 0 saturated heterocycles. The Morgan fingerprint density at radius 2 is 2.18 bits per heavy atom. The summed E-state index contributed by atoms with van der Waals surface area (Å²) < 4.78 is 0. The monoisotopic (exact) mass is 152 g/mol. The van der Waals surface area contributed by atoms with Crippen LogP contribution in [0.1, 0.15) is 27.2 Å². The summed E-state index contributed by atoms with van der Waals surface area (Å²) in [6.07, 6.45) is 6.73. The number of aliphatic hydroxyl groups excluding tert-OH is 1. The standard InChI is InChI=1S/C10H16O/c1-8-5-4-6-10(2,3)7-9(8)11/h4-6,9,11H,7H2,1-3H3. The number of aliphatic hydroxyl groups is 1. The highest BCUT2D eigenvalue weighted by molar-refractivity contribution is 5.20. The molecule has 0 saturated carbocycles. The van der Waals surface area contributed by atoms with Gasteiger partial charge in [-0.05, 0) is 24.3 Å². The summed E-state index contributed by atoms with van der Waals surface area (Å²) in [5.41, 5.74) is 1.19. The van der Waals surface area contributed by atoms with Crippen molar-refractivity contribution in [1.29, 1.82) is 0 Å². The molecule has 1 heteroatoms. The van der Waals surface area contributed by atoms with Gasteiger partial charge >= 0.3 is 0 Å². The Bertz CT molecular complexity index is 199. The highest BCUT2D eigenvalue weighted by Crippen LogP contribution is 2.28. The van der Waals surface area contributed by atoms with Gasteiger partial charge < -0.3 is 5.11 Å². The molecule has 1 N–H and O–H groups in total. The molecule has 11 heavy (non-hydrogen) atoms. The van der Waals surface area contributed by atoms with Crippen molar-refractivity contribution in [2.45, 2.75) is 33.3 Å². The van der Waals surface area contributed by atoms with Gasteiger partial charge in [0, 0.05) is 0 Å². The van der Waals surface area contributed by atoms with Gasteiger partial charge in [-0.2, -0.15) is 0 Å². The van der Waals surface area contributed by atoms with Crippen LogP contribution in [0, 0.1) is 5.41 Å². The summed E-state index contributed by atoms with van der Waals surface area (Å²) in [6.45, 7) is 6.24. The van der Waals surface area contributed by atoms with Crippen LogP contribution in [0.4, 0.5) is 0 Å². The van der Waals surface area contributed by atoms with Crippen molar-refractivity contribution in [3.63, 3.8) is 0 Å². The maximum Gasteiger partial charge on any atom is 0.0758 e. The Balaban J connectivity index is 2.79. The van der Waals surface area contributed by atoms with Crippen LogP contribution in [0.3, 0.4) is 0 Å². The first-order chi connectivity index (χ1) is 5.01. The van der Waals surface area contributed by atoms with Gasteiger partial charge in [-0.1, -0.05) is 32.1 Å². The van der Waals surface area contributed by atoms with Crippen LogP contribution in [0.25, 0.3) is 0 Å². The summed E-state index contributed by atoms with van der Waals surface area (Å²) in [7, 11) is 0. The first-order valence-electron chi connectivity index (χ1n) is 4.05. The molecule has 0 heterocycles. The predicted octanol–water partition coefficient (Wildman–Crippen LogP) is 2.28. The van der Waals surface area contributed by atoms with Gasteiger partial charge in [0.25, 0.3) is 0 Å². The Kier molecular flexibility index (Phi) is 2.19. The first-order valence-corrected chi connectivity index (χ1v) is 4.05. The normalized spacial score (nSPS) is 29.5. The van der Waals surface area contributed by atoms with Crippen molar-refractivity contribution >= 4 is 0 Å². The third-order valence-corrected chi connectivity index (χ3v) is 2.15. The third kappa shape index (κ3) is 2.19. The van der Waals surface area contributed by atoms with E-state index in [0.29, 0.717) is 0 Å². The number of hydrogen-bond donors (Lipinski definition) is 1. The molecular formula is C10H16O. The molecule has 1 aliphatic rings. The molecule has 0 aliphatic heterocycles. The topological polar surface area (TPSA) is 20.2 Å². The summed E-state index contributed by atoms with van der Waals surface area (Å²) >= 11 is 0. The second kappa shape index (κ2) is 2.82. The van der Waals surface area contributed by atoms with Gasteiger partial charge in [0.2, 0.25) is 0 Å². The first kappa shape index (κ1) is 8.54. The van der Waals surface area contributed by atoms with Crippen molar-refractivity contribution in [2.24, 2.45) is 5.41 Å². The summed E-state index contributed by atoms with van der Waals surface area (Å²) in [6, 6.07) is 0. The minimum Gasteiger partial charge on any atom is -0.389 e. The van der Waals surface area contributed by atoms with Crippen LogP contribution in [0.5, 0.6) is 0 Å². The Hall–Kier alpha value is -0.560. The Morgan fingerprint density at radius 3 is 2.82 bits per heavy atom. The van der Waals surface area contributed by atoms with Crippen LogP contribution in [0.15, 0.2) is 23.8 Å². The summed E-state index contributed by atoms with van der Waals surface area (Å²) in [5.74, 6) is 0. The lowest BCUT2D eigenvalue weighted by molar-refractivity contribution is 0.164. The van der Waals surface area contributed by atoms with Gasteiger partial charge in [0.1, 0.15) is 0 Å². The predicted molar refractivity (Wildman–Crippen MR) is 47.3 cm³/mol. The van der Waals surface area contributed by atoms with E-state index in [0.717, 1.165) is 12.0 Å². The lowest BCUT2D eigenvalue weighted by Gasteiger charge is -2.22. The molecule has 62 valence electrons. The van der Waals surface area contributed by atoms with Gasteiger partial charge in [-0.25, -0.2) is 0 Å². The molecule has 1 atom stereocenters. The van der Waals surface area contributed by atoms with Gasteiger partial charge in [0.05, 0.1) is 6.10 Å². The molecule has 0 bridgehead atoms. The van der Waals surface area contributed by atoms with Crippen LogP contribution in [-0.2, 0) is 0 Å². The van der Waals surface area contributed by atoms with Crippen LogP contribution in [-0.4, -0.2) is 11.2 Å². The van der Waals surface area contributed by atoms with E-state index in [2.05, 4.69) is 19.9 Å². The molecule has 0 radical (unpaired) electrons. The Labute approximate surface area is 68.4 Å². The molecule has 1 rings (SSSR count). The van der Waals surface area contributed by atoms with Crippen molar-refractivity contribution in [3.05, 3.63) is 23.8 Å². The second-order valence-corrected chi connectivity index (χ2v) is 3.98. The minimum atomic E-state index is -0.264. The number of rotatable bonds is 0. The molecule has 0 aromatic rings. The van der Waals surface area contributed by atoms with Crippen LogP contribution >= 0.6 is 0 Å². The molecular weight excluding hydrogens is 136 g/mol. The largest absolute Gasteiger partial charge is 0.389 e. The van der Waals surface area contributed by atoms with E-state index in [1.54, 1.807) is 0 Å². The zero-order valence-electron chi connectivity index (χ0n) is 7.46. The lowest BCUT2D eigenvalue weighted by atomic mass is 9.86. The average molecular weight is 152 g/mol. The van der Waals surface area contributed by atoms with Crippen LogP contribution in [0.2, 0.25) is 0 Å². The van der Waals surface area contributed by atoms with E-state index >= 15 is 0 Å². The molecule has 0 aromatic carbocycles. The molecule has 0 aromatic heterocycles. The summed E-state index contributed by atoms with van der Waals surface area (Å²) in [4.78, 5) is 0. The smallest absolute Gasteiger partial charge is 0.0758 e. The molecule has 1 aliphatic carbocycles. The maximum absolute atomic E-state index is 9.59. The average Bonchev–Trinajstić information content (AvgIpc) is 1.93. The summed E-state index contributed by atoms with van der Waals surface area (Å²) in [5, 5.41) is 9.59. The maximum atomic E-state index is 9.59. The van der Waals surface area contributed by atoms with E-state index < -0.39 is 0 Å². The fourth-order valence-electron chi connectivity index (χ4n) is 1.30. The van der Waals surface area contributed by atoms with E-state index in [9.17, 15) is 5.11 Å². The zero-order chi connectivity index (χ0) is 8.48. The molecule has 0 spiro atoms. The van der Waals surface area contributed by atoms with Crippen molar-refractivity contribution < 1.29 is 5.11 Å². The highest BCUT2D eigenvalue weighted by atomic mass is 16.3. The van der Waals surface area contributed by atoms with Gasteiger partial charge in [-0.3, -0.25) is 0 Å². The fraction of sp³-hybridized carbons (Fsp3) is 0.600. The van der Waals surface area contributed by atoms with E-state index in [-0.39, 0.29) is 11.5 Å². The molecule has 1 unspecified atom stereocenters. The van der Waals surface area contributed by atoms with Crippen molar-refractivity contribution in [1.82, 2.24) is 0 Å².